The number of anilines is 1. The predicted molar refractivity (Wildman–Crippen MR) is 129 cm³/mol. The highest BCUT2D eigenvalue weighted by molar-refractivity contribution is 5.99. The van der Waals surface area contributed by atoms with Crippen LogP contribution in [0.4, 0.5) is 5.69 Å². The van der Waals surface area contributed by atoms with Crippen LogP contribution < -0.4 is 15.4 Å². The summed E-state index contributed by atoms with van der Waals surface area (Å²) in [5.41, 5.74) is 1.01. The van der Waals surface area contributed by atoms with E-state index in [0.717, 1.165) is 19.4 Å². The fraction of sp³-hybridized carbons (Fsp3) is 0.654. The Morgan fingerprint density at radius 1 is 1.09 bits per heavy atom. The van der Waals surface area contributed by atoms with Crippen molar-refractivity contribution < 1.29 is 23.9 Å². The van der Waals surface area contributed by atoms with Crippen LogP contribution in [0.15, 0.2) is 18.2 Å². The van der Waals surface area contributed by atoms with Crippen LogP contribution in [0.25, 0.3) is 0 Å². The Morgan fingerprint density at radius 2 is 1.88 bits per heavy atom. The summed E-state index contributed by atoms with van der Waals surface area (Å²) in [6.07, 6.45) is 7.93. The number of nitrogens with one attached hydrogen (secondary N) is 2. The van der Waals surface area contributed by atoms with Gasteiger partial charge in [0.25, 0.3) is 5.91 Å². The number of amides is 3. The van der Waals surface area contributed by atoms with E-state index in [9.17, 15) is 14.4 Å². The SMILES string of the molecule is CCC(=O)Nc1ccc2c(c1)C(=O)N(C)[C@@H]1CC[C@H](CC(=O)NCC3CCCCC3)O[C@@H]1CO2. The highest BCUT2D eigenvalue weighted by Crippen LogP contribution is 2.32. The van der Waals surface area contributed by atoms with E-state index in [1.165, 1.54) is 32.1 Å². The lowest BCUT2D eigenvalue weighted by molar-refractivity contribution is -0.134. The summed E-state index contributed by atoms with van der Waals surface area (Å²) in [6, 6.07) is 4.99. The monoisotopic (exact) mass is 471 g/mol. The van der Waals surface area contributed by atoms with Gasteiger partial charge in [-0.2, -0.15) is 0 Å². The van der Waals surface area contributed by atoms with Gasteiger partial charge in [0.2, 0.25) is 11.8 Å². The molecular weight excluding hydrogens is 434 g/mol. The standard InChI is InChI=1S/C26H37N3O5/c1-3-24(30)28-18-9-12-22-20(13-18)26(32)29(2)21-11-10-19(34-23(21)16-33-22)14-25(31)27-15-17-7-5-4-6-8-17/h9,12-13,17,19,21,23H,3-8,10-11,14-16H2,1-2H3,(H,27,31)(H,28,30)/t19-,21-,23-/m1/s1. The molecule has 0 unspecified atom stereocenters. The molecule has 34 heavy (non-hydrogen) atoms. The average molecular weight is 472 g/mol. The summed E-state index contributed by atoms with van der Waals surface area (Å²) >= 11 is 0. The van der Waals surface area contributed by atoms with E-state index in [2.05, 4.69) is 10.6 Å². The Bertz CT molecular complexity index is 898. The third-order valence-electron chi connectivity index (χ3n) is 7.34. The highest BCUT2D eigenvalue weighted by Gasteiger charge is 2.39. The Labute approximate surface area is 201 Å². The van der Waals surface area contributed by atoms with Crippen molar-refractivity contribution >= 4 is 23.4 Å². The molecule has 8 nitrogen and oxygen atoms in total. The van der Waals surface area contributed by atoms with Gasteiger partial charge in [0.15, 0.2) is 0 Å². The maximum absolute atomic E-state index is 13.3. The minimum absolute atomic E-state index is 0.0391. The number of likely N-dealkylation sites (N-methyl/N-ethyl adjacent to an activating group) is 1. The first-order valence-corrected chi connectivity index (χ1v) is 12.7. The van der Waals surface area contributed by atoms with Gasteiger partial charge in [-0.05, 0) is 49.8 Å². The summed E-state index contributed by atoms with van der Waals surface area (Å²) in [6.45, 7) is 2.84. The van der Waals surface area contributed by atoms with Gasteiger partial charge in [0.05, 0.1) is 24.1 Å². The Hall–Kier alpha value is -2.61. The van der Waals surface area contributed by atoms with Gasteiger partial charge < -0.3 is 25.0 Å². The predicted octanol–water partition coefficient (Wildman–Crippen LogP) is 3.50. The number of hydrogen-bond donors (Lipinski definition) is 2. The van der Waals surface area contributed by atoms with E-state index in [1.54, 1.807) is 37.1 Å². The molecule has 8 heteroatoms. The van der Waals surface area contributed by atoms with E-state index in [1.807, 2.05) is 0 Å². The third kappa shape index (κ3) is 5.90. The van der Waals surface area contributed by atoms with Crippen LogP contribution in [0.2, 0.25) is 0 Å². The van der Waals surface area contributed by atoms with Crippen molar-refractivity contribution in [2.75, 3.05) is 25.5 Å². The smallest absolute Gasteiger partial charge is 0.257 e. The second-order valence-corrected chi connectivity index (χ2v) is 9.79. The number of rotatable bonds is 6. The van der Waals surface area contributed by atoms with Crippen LogP contribution in [0.5, 0.6) is 5.75 Å². The second kappa shape index (κ2) is 11.2. The molecule has 1 aromatic carbocycles. The minimum atomic E-state index is -0.300. The van der Waals surface area contributed by atoms with Crippen LogP contribution in [0.1, 0.15) is 75.1 Å². The van der Waals surface area contributed by atoms with Crippen molar-refractivity contribution in [3.8, 4) is 5.75 Å². The van der Waals surface area contributed by atoms with Crippen molar-refractivity contribution in [3.63, 3.8) is 0 Å². The first-order valence-electron chi connectivity index (χ1n) is 12.7. The second-order valence-electron chi connectivity index (χ2n) is 9.79. The molecule has 186 valence electrons. The van der Waals surface area contributed by atoms with Gasteiger partial charge in [-0.3, -0.25) is 14.4 Å². The van der Waals surface area contributed by atoms with Gasteiger partial charge in [-0.1, -0.05) is 26.2 Å². The molecule has 3 amide bonds. The van der Waals surface area contributed by atoms with Crippen molar-refractivity contribution in [1.82, 2.24) is 10.2 Å². The third-order valence-corrected chi connectivity index (χ3v) is 7.34. The zero-order valence-electron chi connectivity index (χ0n) is 20.3. The normalized spacial score (nSPS) is 25.3. The van der Waals surface area contributed by atoms with Gasteiger partial charge in [0, 0.05) is 25.7 Å². The van der Waals surface area contributed by atoms with Crippen molar-refractivity contribution in [2.24, 2.45) is 5.92 Å². The Morgan fingerprint density at radius 3 is 2.65 bits per heavy atom. The highest BCUT2D eigenvalue weighted by atomic mass is 16.5. The summed E-state index contributed by atoms with van der Waals surface area (Å²) in [4.78, 5) is 39.3. The molecule has 0 radical (unpaired) electrons. The maximum atomic E-state index is 13.3. The van der Waals surface area contributed by atoms with E-state index >= 15 is 0 Å². The topological polar surface area (TPSA) is 97.0 Å². The average Bonchev–Trinajstić information content (AvgIpc) is 2.86. The van der Waals surface area contributed by atoms with Gasteiger partial charge in [-0.15, -0.1) is 0 Å². The van der Waals surface area contributed by atoms with Crippen molar-refractivity contribution in [2.45, 2.75) is 83.0 Å². The first-order chi connectivity index (χ1) is 16.4. The van der Waals surface area contributed by atoms with Crippen LogP contribution >= 0.6 is 0 Å². The quantitative estimate of drug-likeness (QED) is 0.662. The lowest BCUT2D eigenvalue weighted by Crippen LogP contribution is -2.54. The minimum Gasteiger partial charge on any atom is -0.490 e. The van der Waals surface area contributed by atoms with Crippen LogP contribution in [0.3, 0.4) is 0 Å². The molecule has 1 aromatic rings. The number of hydrogen-bond acceptors (Lipinski definition) is 5. The lowest BCUT2D eigenvalue weighted by atomic mass is 9.89. The van der Waals surface area contributed by atoms with Crippen molar-refractivity contribution in [1.29, 1.82) is 0 Å². The number of fused-ring (bicyclic) bond motifs is 2. The summed E-state index contributed by atoms with van der Waals surface area (Å²) in [5.74, 6) is 0.841. The molecule has 4 rings (SSSR count). The van der Waals surface area contributed by atoms with Crippen LogP contribution in [-0.4, -0.2) is 61.1 Å². The molecule has 2 N–H and O–H groups in total. The van der Waals surface area contributed by atoms with E-state index in [4.69, 9.17) is 9.47 Å². The van der Waals surface area contributed by atoms with Crippen molar-refractivity contribution in [3.05, 3.63) is 23.8 Å². The molecule has 0 spiro atoms. The van der Waals surface area contributed by atoms with Crippen LogP contribution in [-0.2, 0) is 14.3 Å². The molecule has 2 heterocycles. The van der Waals surface area contributed by atoms with E-state index in [-0.39, 0.29) is 36.0 Å². The molecule has 0 aromatic heterocycles. The number of nitrogens with zero attached hydrogens (tertiary/aromatic N) is 1. The summed E-state index contributed by atoms with van der Waals surface area (Å²) in [5, 5.41) is 5.90. The maximum Gasteiger partial charge on any atom is 0.257 e. The largest absolute Gasteiger partial charge is 0.490 e. The molecule has 2 fully saturated rings. The molecule has 1 saturated carbocycles. The van der Waals surface area contributed by atoms with Gasteiger partial charge >= 0.3 is 0 Å². The van der Waals surface area contributed by atoms with Gasteiger partial charge in [0.1, 0.15) is 18.5 Å². The summed E-state index contributed by atoms with van der Waals surface area (Å²) < 4.78 is 12.3. The van der Waals surface area contributed by atoms with E-state index in [0.29, 0.717) is 42.4 Å². The number of carbonyl (C=O) groups is 3. The molecule has 3 atom stereocenters. The number of carbonyl (C=O) groups excluding carboxylic acids is 3. The fourth-order valence-electron chi connectivity index (χ4n) is 5.28. The summed E-state index contributed by atoms with van der Waals surface area (Å²) in [7, 11) is 1.78. The molecule has 1 saturated heterocycles. The zero-order chi connectivity index (χ0) is 24.1. The lowest BCUT2D eigenvalue weighted by Gasteiger charge is -2.42. The molecule has 3 aliphatic rings. The molecule has 0 bridgehead atoms. The van der Waals surface area contributed by atoms with Gasteiger partial charge in [-0.25, -0.2) is 0 Å². The Kier molecular flexibility index (Phi) is 8.08. The molecule has 2 aliphatic heterocycles. The zero-order valence-corrected chi connectivity index (χ0v) is 20.3. The van der Waals surface area contributed by atoms with E-state index < -0.39 is 0 Å². The molecular formula is C26H37N3O5. The Balaban J connectivity index is 1.36. The molecule has 1 aliphatic carbocycles. The van der Waals surface area contributed by atoms with Crippen LogP contribution in [0, 0.1) is 5.92 Å². The first kappa shape index (κ1) is 24.5. The number of ether oxygens (including phenoxy) is 2. The number of benzene rings is 1. The fourth-order valence-corrected chi connectivity index (χ4v) is 5.28.